The Morgan fingerprint density at radius 3 is 2.63 bits per heavy atom. The van der Waals surface area contributed by atoms with E-state index in [1.807, 2.05) is 0 Å². The van der Waals surface area contributed by atoms with Gasteiger partial charge in [0.05, 0.1) is 0 Å². The summed E-state index contributed by atoms with van der Waals surface area (Å²) in [6.07, 6.45) is 5.56. The Morgan fingerprint density at radius 2 is 1.79 bits per heavy atom. The van der Waals surface area contributed by atoms with E-state index in [4.69, 9.17) is 0 Å². The maximum atomic E-state index is 3.51. The first-order valence-electron chi connectivity index (χ1n) is 7.52. The summed E-state index contributed by atoms with van der Waals surface area (Å²) in [5.41, 5.74) is 1.44. The summed E-state index contributed by atoms with van der Waals surface area (Å²) in [6.45, 7) is 6.26. The van der Waals surface area contributed by atoms with E-state index >= 15 is 0 Å². The normalized spacial score (nSPS) is 25.8. The highest BCUT2D eigenvalue weighted by atomic mass is 79.9. The van der Waals surface area contributed by atoms with Crippen LogP contribution in [-0.2, 0) is 6.54 Å². The smallest absolute Gasteiger partial charge is 0.0234 e. The van der Waals surface area contributed by atoms with Gasteiger partial charge in [-0.15, -0.1) is 0 Å². The number of hydrogen-bond donors (Lipinski definition) is 0. The third-order valence-corrected chi connectivity index (χ3v) is 4.99. The molecule has 3 rings (SSSR count). The summed E-state index contributed by atoms with van der Waals surface area (Å²) in [5, 5.41) is 0. The number of rotatable bonds is 2. The van der Waals surface area contributed by atoms with Crippen LogP contribution in [0.15, 0.2) is 28.7 Å². The highest BCUT2D eigenvalue weighted by Gasteiger charge is 2.26. The van der Waals surface area contributed by atoms with Crippen LogP contribution in [0.4, 0.5) is 0 Å². The second-order valence-corrected chi connectivity index (χ2v) is 6.82. The lowest BCUT2D eigenvalue weighted by Gasteiger charge is -2.35. The summed E-state index contributed by atoms with van der Waals surface area (Å²) in [7, 11) is 0. The topological polar surface area (TPSA) is 6.48 Å². The maximum absolute atomic E-state index is 3.51. The molecule has 3 heteroatoms. The van der Waals surface area contributed by atoms with Gasteiger partial charge in [0.1, 0.15) is 0 Å². The molecule has 104 valence electrons. The number of nitrogens with zero attached hydrogens (tertiary/aromatic N) is 2. The standard InChI is InChI=1S/C16H23BrN2/c17-15-7-5-14(6-8-15)12-18-9-3-11-19-10-2-1-4-16(19)13-18/h5-8,16H,1-4,9-13H2. The molecule has 19 heavy (non-hydrogen) atoms. The average Bonchev–Trinajstić information content (AvgIpc) is 2.63. The van der Waals surface area contributed by atoms with Gasteiger partial charge in [0, 0.05) is 23.6 Å². The Kier molecular flexibility index (Phi) is 4.57. The molecule has 0 saturated carbocycles. The van der Waals surface area contributed by atoms with Crippen molar-refractivity contribution in [1.82, 2.24) is 9.80 Å². The van der Waals surface area contributed by atoms with E-state index in [2.05, 4.69) is 50.0 Å². The van der Waals surface area contributed by atoms with Crippen molar-refractivity contribution in [1.29, 1.82) is 0 Å². The fourth-order valence-electron chi connectivity index (χ4n) is 3.44. The first kappa shape index (κ1) is 13.6. The van der Waals surface area contributed by atoms with Crippen molar-refractivity contribution in [2.75, 3.05) is 26.2 Å². The Bertz CT molecular complexity index is 404. The van der Waals surface area contributed by atoms with Gasteiger partial charge < -0.3 is 0 Å². The van der Waals surface area contributed by atoms with Crippen molar-refractivity contribution in [3.8, 4) is 0 Å². The van der Waals surface area contributed by atoms with Gasteiger partial charge in [-0.2, -0.15) is 0 Å². The minimum absolute atomic E-state index is 0.812. The Labute approximate surface area is 124 Å². The van der Waals surface area contributed by atoms with E-state index in [0.717, 1.165) is 12.6 Å². The lowest BCUT2D eigenvalue weighted by Crippen LogP contribution is -2.43. The first-order chi connectivity index (χ1) is 9.31. The van der Waals surface area contributed by atoms with E-state index in [1.165, 1.54) is 61.9 Å². The Morgan fingerprint density at radius 1 is 1.00 bits per heavy atom. The van der Waals surface area contributed by atoms with Crippen LogP contribution >= 0.6 is 15.9 Å². The molecule has 1 aromatic carbocycles. The van der Waals surface area contributed by atoms with Crippen molar-refractivity contribution < 1.29 is 0 Å². The van der Waals surface area contributed by atoms with Crippen molar-refractivity contribution in [3.63, 3.8) is 0 Å². The molecule has 0 radical (unpaired) electrons. The van der Waals surface area contributed by atoms with Crippen LogP contribution in [0.3, 0.4) is 0 Å². The second-order valence-electron chi connectivity index (χ2n) is 5.90. The minimum Gasteiger partial charge on any atom is -0.299 e. The molecule has 1 aromatic rings. The van der Waals surface area contributed by atoms with Crippen LogP contribution < -0.4 is 0 Å². The number of halogens is 1. The van der Waals surface area contributed by atoms with E-state index in [-0.39, 0.29) is 0 Å². The summed E-state index contributed by atoms with van der Waals surface area (Å²) in [4.78, 5) is 5.38. The predicted molar refractivity (Wildman–Crippen MR) is 83.2 cm³/mol. The zero-order valence-electron chi connectivity index (χ0n) is 11.5. The van der Waals surface area contributed by atoms with Gasteiger partial charge >= 0.3 is 0 Å². The van der Waals surface area contributed by atoms with Gasteiger partial charge in [0.2, 0.25) is 0 Å². The SMILES string of the molecule is Brc1ccc(CN2CCCN3CCCCC3C2)cc1. The van der Waals surface area contributed by atoms with Crippen LogP contribution in [0.2, 0.25) is 0 Å². The van der Waals surface area contributed by atoms with Gasteiger partial charge in [0.15, 0.2) is 0 Å². The fourth-order valence-corrected chi connectivity index (χ4v) is 3.70. The lowest BCUT2D eigenvalue weighted by atomic mass is 10.0. The number of hydrogen-bond acceptors (Lipinski definition) is 2. The first-order valence-corrected chi connectivity index (χ1v) is 8.31. The highest BCUT2D eigenvalue weighted by Crippen LogP contribution is 2.22. The Balaban J connectivity index is 1.62. The molecule has 0 amide bonds. The van der Waals surface area contributed by atoms with Crippen molar-refractivity contribution in [2.45, 2.75) is 38.3 Å². The van der Waals surface area contributed by atoms with E-state index < -0.39 is 0 Å². The number of benzene rings is 1. The van der Waals surface area contributed by atoms with Gasteiger partial charge in [-0.1, -0.05) is 34.5 Å². The summed E-state index contributed by atoms with van der Waals surface area (Å²) in [6, 6.07) is 9.60. The third-order valence-electron chi connectivity index (χ3n) is 4.46. The van der Waals surface area contributed by atoms with E-state index in [1.54, 1.807) is 0 Å². The zero-order valence-corrected chi connectivity index (χ0v) is 13.1. The molecule has 2 aliphatic rings. The van der Waals surface area contributed by atoms with Crippen molar-refractivity contribution >= 4 is 15.9 Å². The molecule has 0 aromatic heterocycles. The molecule has 2 heterocycles. The molecule has 2 fully saturated rings. The van der Waals surface area contributed by atoms with E-state index in [9.17, 15) is 0 Å². The van der Waals surface area contributed by atoms with Gasteiger partial charge in [-0.05, 0) is 56.6 Å². The molecular weight excluding hydrogens is 300 g/mol. The van der Waals surface area contributed by atoms with Crippen LogP contribution in [0.25, 0.3) is 0 Å². The third kappa shape index (κ3) is 3.59. The Hall–Kier alpha value is -0.380. The quantitative estimate of drug-likeness (QED) is 0.822. The highest BCUT2D eigenvalue weighted by molar-refractivity contribution is 9.10. The van der Waals surface area contributed by atoms with Crippen LogP contribution in [-0.4, -0.2) is 42.0 Å². The number of fused-ring (bicyclic) bond motifs is 1. The molecule has 1 unspecified atom stereocenters. The summed E-state index contributed by atoms with van der Waals surface area (Å²) in [5.74, 6) is 0. The lowest BCUT2D eigenvalue weighted by molar-refractivity contribution is 0.135. The van der Waals surface area contributed by atoms with Crippen LogP contribution in [0.1, 0.15) is 31.2 Å². The summed E-state index contributed by atoms with van der Waals surface area (Å²) < 4.78 is 1.17. The zero-order chi connectivity index (χ0) is 13.1. The molecule has 2 saturated heterocycles. The van der Waals surface area contributed by atoms with Gasteiger partial charge in [0.25, 0.3) is 0 Å². The molecular formula is C16H23BrN2. The van der Waals surface area contributed by atoms with Crippen molar-refractivity contribution in [3.05, 3.63) is 34.3 Å². The van der Waals surface area contributed by atoms with Crippen LogP contribution in [0, 0.1) is 0 Å². The second kappa shape index (κ2) is 6.38. The molecule has 0 N–H and O–H groups in total. The predicted octanol–water partition coefficient (Wildman–Crippen LogP) is 3.51. The number of piperidine rings is 1. The summed E-state index contributed by atoms with van der Waals surface area (Å²) >= 11 is 3.51. The van der Waals surface area contributed by atoms with Crippen LogP contribution in [0.5, 0.6) is 0 Å². The maximum Gasteiger partial charge on any atom is 0.0234 e. The monoisotopic (exact) mass is 322 g/mol. The fraction of sp³-hybridized carbons (Fsp3) is 0.625. The molecule has 0 aliphatic carbocycles. The van der Waals surface area contributed by atoms with Crippen molar-refractivity contribution in [2.24, 2.45) is 0 Å². The molecule has 1 atom stereocenters. The van der Waals surface area contributed by atoms with Gasteiger partial charge in [-0.3, -0.25) is 9.80 Å². The molecule has 0 spiro atoms. The molecule has 0 bridgehead atoms. The average molecular weight is 323 g/mol. The molecule has 2 nitrogen and oxygen atoms in total. The minimum atomic E-state index is 0.812. The molecule has 2 aliphatic heterocycles. The van der Waals surface area contributed by atoms with Gasteiger partial charge in [-0.25, -0.2) is 0 Å². The largest absolute Gasteiger partial charge is 0.299 e. The van der Waals surface area contributed by atoms with E-state index in [0.29, 0.717) is 0 Å².